The topological polar surface area (TPSA) is 46.6 Å². The Balaban J connectivity index is 2.74. The summed E-state index contributed by atoms with van der Waals surface area (Å²) in [5, 5.41) is 0.591. The zero-order valence-corrected chi connectivity index (χ0v) is 13.5. The van der Waals surface area contributed by atoms with E-state index in [1.165, 1.54) is 0 Å². The first-order valence-electron chi connectivity index (χ1n) is 7.14. The van der Waals surface area contributed by atoms with E-state index in [1.807, 2.05) is 13.8 Å². The minimum absolute atomic E-state index is 0.0929. The van der Waals surface area contributed by atoms with Gasteiger partial charge < -0.3 is 9.64 Å². The van der Waals surface area contributed by atoms with Crippen molar-refractivity contribution in [3.8, 4) is 0 Å². The van der Waals surface area contributed by atoms with E-state index in [0.29, 0.717) is 36.2 Å². The lowest BCUT2D eigenvalue weighted by Crippen LogP contribution is -2.36. The van der Waals surface area contributed by atoms with E-state index in [-0.39, 0.29) is 18.3 Å². The van der Waals surface area contributed by atoms with Crippen molar-refractivity contribution in [2.24, 2.45) is 5.92 Å². The molecule has 0 radical (unpaired) electrons. The van der Waals surface area contributed by atoms with Gasteiger partial charge in [-0.3, -0.25) is 9.59 Å². The number of halogens is 1. The maximum atomic E-state index is 12.5. The molecule has 0 aromatic heterocycles. The van der Waals surface area contributed by atoms with Crippen LogP contribution in [0.3, 0.4) is 0 Å². The predicted octanol–water partition coefficient (Wildman–Crippen LogP) is 3.39. The third-order valence-electron chi connectivity index (χ3n) is 2.86. The molecule has 0 aliphatic rings. The number of carbonyl (C=O) groups is 2. The minimum Gasteiger partial charge on any atom is -0.466 e. The molecule has 4 nitrogen and oxygen atoms in total. The average Bonchev–Trinajstić information content (AvgIpc) is 2.43. The third-order valence-corrected chi connectivity index (χ3v) is 3.11. The third kappa shape index (κ3) is 6.17. The predicted molar refractivity (Wildman–Crippen MR) is 83.4 cm³/mol. The molecule has 0 N–H and O–H groups in total. The van der Waals surface area contributed by atoms with E-state index in [1.54, 1.807) is 36.1 Å². The van der Waals surface area contributed by atoms with Crippen LogP contribution >= 0.6 is 11.6 Å². The second kappa shape index (κ2) is 8.67. The number of amides is 1. The molecule has 116 valence electrons. The second-order valence-corrected chi connectivity index (χ2v) is 5.64. The molecule has 0 spiro atoms. The van der Waals surface area contributed by atoms with E-state index in [9.17, 15) is 9.59 Å². The minimum atomic E-state index is -0.282. The van der Waals surface area contributed by atoms with Crippen LogP contribution in [0.25, 0.3) is 0 Å². The van der Waals surface area contributed by atoms with Crippen molar-refractivity contribution in [1.82, 2.24) is 4.90 Å². The Morgan fingerprint density at radius 3 is 2.38 bits per heavy atom. The summed E-state index contributed by atoms with van der Waals surface area (Å²) < 4.78 is 4.90. The molecule has 1 rings (SSSR count). The van der Waals surface area contributed by atoms with Gasteiger partial charge in [-0.25, -0.2) is 0 Å². The average molecular weight is 312 g/mol. The molecule has 0 aliphatic heterocycles. The monoisotopic (exact) mass is 311 g/mol. The highest BCUT2D eigenvalue weighted by molar-refractivity contribution is 6.30. The van der Waals surface area contributed by atoms with Crippen LogP contribution in [0, 0.1) is 5.92 Å². The molecule has 1 aromatic carbocycles. The van der Waals surface area contributed by atoms with Gasteiger partial charge in [-0.2, -0.15) is 0 Å². The summed E-state index contributed by atoms with van der Waals surface area (Å²) in [6.45, 7) is 7.15. The number of rotatable bonds is 7. The first kappa shape index (κ1) is 17.5. The lowest BCUT2D eigenvalue weighted by Gasteiger charge is -2.24. The van der Waals surface area contributed by atoms with Crippen molar-refractivity contribution >= 4 is 23.5 Å². The number of esters is 1. The lowest BCUT2D eigenvalue weighted by molar-refractivity contribution is -0.143. The van der Waals surface area contributed by atoms with Gasteiger partial charge in [0.2, 0.25) is 0 Å². The van der Waals surface area contributed by atoms with E-state index < -0.39 is 0 Å². The van der Waals surface area contributed by atoms with E-state index in [4.69, 9.17) is 16.3 Å². The van der Waals surface area contributed by atoms with Crippen LogP contribution in [-0.4, -0.2) is 36.5 Å². The summed E-state index contributed by atoms with van der Waals surface area (Å²) in [6.07, 6.45) is 0.208. The van der Waals surface area contributed by atoms with Gasteiger partial charge >= 0.3 is 5.97 Å². The van der Waals surface area contributed by atoms with Crippen molar-refractivity contribution in [3.63, 3.8) is 0 Å². The van der Waals surface area contributed by atoms with Crippen LogP contribution in [0.4, 0.5) is 0 Å². The number of hydrogen-bond acceptors (Lipinski definition) is 3. The van der Waals surface area contributed by atoms with Gasteiger partial charge in [-0.15, -0.1) is 0 Å². The Morgan fingerprint density at radius 1 is 1.24 bits per heavy atom. The Kier molecular flexibility index (Phi) is 7.23. The number of benzene rings is 1. The zero-order chi connectivity index (χ0) is 15.8. The maximum Gasteiger partial charge on any atom is 0.307 e. The second-order valence-electron chi connectivity index (χ2n) is 5.21. The SMILES string of the molecule is CCOC(=O)CCN(CC(C)C)C(=O)c1ccc(Cl)cc1. The van der Waals surface area contributed by atoms with Gasteiger partial charge in [-0.05, 0) is 37.1 Å². The fourth-order valence-corrected chi connectivity index (χ4v) is 2.08. The first-order chi connectivity index (χ1) is 9.93. The molecule has 1 amide bonds. The van der Waals surface area contributed by atoms with Crippen molar-refractivity contribution in [2.75, 3.05) is 19.7 Å². The summed E-state index contributed by atoms with van der Waals surface area (Å²) in [5.41, 5.74) is 0.573. The fraction of sp³-hybridized carbons (Fsp3) is 0.500. The van der Waals surface area contributed by atoms with Gasteiger partial charge in [0, 0.05) is 23.7 Å². The highest BCUT2D eigenvalue weighted by Gasteiger charge is 2.18. The lowest BCUT2D eigenvalue weighted by atomic mass is 10.1. The van der Waals surface area contributed by atoms with Crippen molar-refractivity contribution in [2.45, 2.75) is 27.2 Å². The van der Waals surface area contributed by atoms with Crippen LogP contribution in [-0.2, 0) is 9.53 Å². The molecule has 0 aliphatic carbocycles. The molecule has 0 atom stereocenters. The summed E-state index contributed by atoms with van der Waals surface area (Å²) >= 11 is 5.83. The van der Waals surface area contributed by atoms with Crippen LogP contribution in [0.15, 0.2) is 24.3 Å². The normalized spacial score (nSPS) is 10.5. The number of carbonyl (C=O) groups excluding carboxylic acids is 2. The highest BCUT2D eigenvalue weighted by atomic mass is 35.5. The molecular formula is C16H22ClNO3. The number of ether oxygens (including phenoxy) is 1. The highest BCUT2D eigenvalue weighted by Crippen LogP contribution is 2.13. The summed E-state index contributed by atoms with van der Waals surface area (Å²) in [4.78, 5) is 25.6. The quantitative estimate of drug-likeness (QED) is 0.725. The van der Waals surface area contributed by atoms with E-state index in [2.05, 4.69) is 0 Å². The largest absolute Gasteiger partial charge is 0.466 e. The molecular weight excluding hydrogens is 290 g/mol. The summed E-state index contributed by atoms with van der Waals surface area (Å²) in [5.74, 6) is -0.0525. The smallest absolute Gasteiger partial charge is 0.307 e. The van der Waals surface area contributed by atoms with Gasteiger partial charge in [-0.1, -0.05) is 25.4 Å². The molecule has 21 heavy (non-hydrogen) atoms. The molecule has 0 fully saturated rings. The Labute approximate surface area is 131 Å². The summed E-state index contributed by atoms with van der Waals surface area (Å²) in [7, 11) is 0. The van der Waals surface area contributed by atoms with Crippen molar-refractivity contribution in [1.29, 1.82) is 0 Å². The molecule has 1 aromatic rings. The first-order valence-corrected chi connectivity index (χ1v) is 7.52. The van der Waals surface area contributed by atoms with Gasteiger partial charge in [0.25, 0.3) is 5.91 Å². The fourth-order valence-electron chi connectivity index (χ4n) is 1.95. The number of hydrogen-bond donors (Lipinski definition) is 0. The zero-order valence-electron chi connectivity index (χ0n) is 12.8. The molecule has 0 saturated heterocycles. The molecule has 0 saturated carbocycles. The molecule has 0 unspecified atom stereocenters. The standard InChI is InChI=1S/C16H22ClNO3/c1-4-21-15(19)9-10-18(11-12(2)3)16(20)13-5-7-14(17)8-6-13/h5-8,12H,4,9-11H2,1-3H3. The Hall–Kier alpha value is -1.55. The number of nitrogens with zero attached hydrogens (tertiary/aromatic N) is 1. The van der Waals surface area contributed by atoms with Crippen LogP contribution in [0.5, 0.6) is 0 Å². The molecule has 5 heteroatoms. The molecule has 0 bridgehead atoms. The van der Waals surface area contributed by atoms with Crippen LogP contribution in [0.1, 0.15) is 37.6 Å². The van der Waals surface area contributed by atoms with Gasteiger partial charge in [0.05, 0.1) is 13.0 Å². The molecule has 0 heterocycles. The summed E-state index contributed by atoms with van der Waals surface area (Å²) in [6, 6.07) is 6.77. The van der Waals surface area contributed by atoms with Crippen LogP contribution in [0.2, 0.25) is 5.02 Å². The Bertz CT molecular complexity index is 471. The van der Waals surface area contributed by atoms with Crippen molar-refractivity contribution < 1.29 is 14.3 Å². The maximum absolute atomic E-state index is 12.5. The van der Waals surface area contributed by atoms with Gasteiger partial charge in [0.15, 0.2) is 0 Å². The van der Waals surface area contributed by atoms with E-state index >= 15 is 0 Å². The van der Waals surface area contributed by atoms with Gasteiger partial charge in [0.1, 0.15) is 0 Å². The van der Waals surface area contributed by atoms with E-state index in [0.717, 1.165) is 0 Å². The van der Waals surface area contributed by atoms with Crippen molar-refractivity contribution in [3.05, 3.63) is 34.9 Å². The Morgan fingerprint density at radius 2 is 1.86 bits per heavy atom. The van der Waals surface area contributed by atoms with Crippen LogP contribution < -0.4 is 0 Å².